The molecule has 4 heteroatoms. The van der Waals surface area contributed by atoms with E-state index in [2.05, 4.69) is 41.3 Å². The van der Waals surface area contributed by atoms with Gasteiger partial charge in [-0.05, 0) is 48.2 Å². The van der Waals surface area contributed by atoms with Crippen molar-refractivity contribution in [2.45, 2.75) is 17.7 Å². The van der Waals surface area contributed by atoms with Gasteiger partial charge in [0.25, 0.3) is 0 Å². The highest BCUT2D eigenvalue weighted by Crippen LogP contribution is 2.29. The van der Waals surface area contributed by atoms with Gasteiger partial charge in [-0.2, -0.15) is 0 Å². The number of rotatable bonds is 3. The third-order valence-electron chi connectivity index (χ3n) is 4.22. The average Bonchev–Trinajstić information content (AvgIpc) is 2.76. The Kier molecular flexibility index (Phi) is 4.48. The van der Waals surface area contributed by atoms with E-state index < -0.39 is 10.8 Å². The van der Waals surface area contributed by atoms with E-state index in [1.54, 1.807) is 13.4 Å². The van der Waals surface area contributed by atoms with Crippen LogP contribution < -0.4 is 9.64 Å². The molecular formula is C18H21NO2S. The number of ether oxygens (including phenoxy) is 1. The van der Waals surface area contributed by atoms with Crippen molar-refractivity contribution < 1.29 is 8.95 Å². The van der Waals surface area contributed by atoms with Crippen molar-refractivity contribution in [1.82, 2.24) is 0 Å². The van der Waals surface area contributed by atoms with E-state index in [1.165, 1.54) is 16.8 Å². The molecule has 2 aromatic rings. The van der Waals surface area contributed by atoms with Gasteiger partial charge in [0.1, 0.15) is 5.75 Å². The third-order valence-corrected chi connectivity index (χ3v) is 5.16. The predicted molar refractivity (Wildman–Crippen MR) is 91.4 cm³/mol. The number of hydrogen-bond donors (Lipinski definition) is 0. The highest BCUT2D eigenvalue weighted by molar-refractivity contribution is 7.84. The maximum absolute atomic E-state index is 11.9. The number of methoxy groups -OCH3 is 1. The Bertz CT molecular complexity index is 685. The normalized spacial score (nSPS) is 15.8. The van der Waals surface area contributed by atoms with E-state index >= 15 is 0 Å². The maximum Gasteiger partial charge on any atom is 0.135 e. The molecule has 1 unspecified atom stereocenters. The Morgan fingerprint density at radius 1 is 1.05 bits per heavy atom. The second-order valence-corrected chi connectivity index (χ2v) is 6.90. The lowest BCUT2D eigenvalue weighted by Crippen LogP contribution is -2.25. The van der Waals surface area contributed by atoms with Gasteiger partial charge in [0.2, 0.25) is 0 Å². The summed E-state index contributed by atoms with van der Waals surface area (Å²) in [7, 11) is 0.616. The van der Waals surface area contributed by atoms with Crippen LogP contribution >= 0.6 is 0 Å². The van der Waals surface area contributed by atoms with Gasteiger partial charge in [-0.1, -0.05) is 18.2 Å². The Morgan fingerprint density at radius 2 is 1.68 bits per heavy atom. The quantitative estimate of drug-likeness (QED) is 0.872. The summed E-state index contributed by atoms with van der Waals surface area (Å²) in [5.74, 6) is 0.743. The SMILES string of the molecule is COc1cc2c(cc1S(C)=O)CCN(c1ccccc1)CC2. The van der Waals surface area contributed by atoms with Gasteiger partial charge in [-0.3, -0.25) is 4.21 Å². The molecule has 3 nitrogen and oxygen atoms in total. The Labute approximate surface area is 134 Å². The topological polar surface area (TPSA) is 29.5 Å². The third kappa shape index (κ3) is 3.02. The molecule has 1 aliphatic rings. The standard InChI is InChI=1S/C18H21NO2S/c1-21-17-12-14-8-10-19(16-6-4-3-5-7-16)11-9-15(14)13-18(17)22(2)20/h3-7,12-13H,8-11H2,1-2H3. The van der Waals surface area contributed by atoms with E-state index in [9.17, 15) is 4.21 Å². The smallest absolute Gasteiger partial charge is 0.135 e. The number of para-hydroxylation sites is 1. The van der Waals surface area contributed by atoms with Gasteiger partial charge in [-0.15, -0.1) is 0 Å². The van der Waals surface area contributed by atoms with Crippen LogP contribution in [0.15, 0.2) is 47.4 Å². The summed E-state index contributed by atoms with van der Waals surface area (Å²) in [5.41, 5.74) is 3.87. The molecule has 2 aromatic carbocycles. The van der Waals surface area contributed by atoms with Crippen LogP contribution in [0.1, 0.15) is 11.1 Å². The predicted octanol–water partition coefficient (Wildman–Crippen LogP) is 3.04. The molecule has 0 bridgehead atoms. The van der Waals surface area contributed by atoms with E-state index in [0.717, 1.165) is 36.6 Å². The lowest BCUT2D eigenvalue weighted by Gasteiger charge is -2.22. The van der Waals surface area contributed by atoms with Crippen LogP contribution in [-0.2, 0) is 23.6 Å². The first-order valence-electron chi connectivity index (χ1n) is 7.52. The van der Waals surface area contributed by atoms with E-state index in [-0.39, 0.29) is 0 Å². The molecule has 22 heavy (non-hydrogen) atoms. The van der Waals surface area contributed by atoms with E-state index in [4.69, 9.17) is 4.74 Å². The fraction of sp³-hybridized carbons (Fsp3) is 0.333. The van der Waals surface area contributed by atoms with Gasteiger partial charge in [0, 0.05) is 25.0 Å². The van der Waals surface area contributed by atoms with Gasteiger partial charge < -0.3 is 9.64 Å². The van der Waals surface area contributed by atoms with Crippen molar-refractivity contribution in [2.24, 2.45) is 0 Å². The van der Waals surface area contributed by atoms with Crippen molar-refractivity contribution in [2.75, 3.05) is 31.4 Å². The fourth-order valence-electron chi connectivity index (χ4n) is 3.01. The number of benzene rings is 2. The molecule has 0 aromatic heterocycles. The molecule has 0 amide bonds. The summed E-state index contributed by atoms with van der Waals surface area (Å²) in [4.78, 5) is 3.21. The maximum atomic E-state index is 11.9. The van der Waals surface area contributed by atoms with Crippen LogP contribution in [0.5, 0.6) is 5.75 Å². The Morgan fingerprint density at radius 3 is 2.27 bits per heavy atom. The van der Waals surface area contributed by atoms with Crippen molar-refractivity contribution >= 4 is 16.5 Å². The number of hydrogen-bond acceptors (Lipinski definition) is 3. The van der Waals surface area contributed by atoms with Gasteiger partial charge in [0.15, 0.2) is 0 Å². The van der Waals surface area contributed by atoms with Gasteiger partial charge in [0.05, 0.1) is 22.8 Å². The number of fused-ring (bicyclic) bond motifs is 1. The average molecular weight is 315 g/mol. The van der Waals surface area contributed by atoms with Crippen molar-refractivity contribution in [3.63, 3.8) is 0 Å². The highest BCUT2D eigenvalue weighted by atomic mass is 32.2. The monoisotopic (exact) mass is 315 g/mol. The molecule has 3 rings (SSSR count). The highest BCUT2D eigenvalue weighted by Gasteiger charge is 2.18. The molecular weight excluding hydrogens is 294 g/mol. The van der Waals surface area contributed by atoms with E-state index in [0.29, 0.717) is 0 Å². The van der Waals surface area contributed by atoms with Crippen molar-refractivity contribution in [3.8, 4) is 5.75 Å². The lowest BCUT2D eigenvalue weighted by atomic mass is 10.0. The zero-order valence-electron chi connectivity index (χ0n) is 13.0. The lowest BCUT2D eigenvalue weighted by molar-refractivity contribution is 0.403. The molecule has 0 aliphatic carbocycles. The second kappa shape index (κ2) is 6.53. The molecule has 0 radical (unpaired) electrons. The van der Waals surface area contributed by atoms with Crippen LogP contribution in [0.25, 0.3) is 0 Å². The molecule has 0 spiro atoms. The molecule has 1 heterocycles. The summed E-state index contributed by atoms with van der Waals surface area (Å²) >= 11 is 0. The molecule has 0 fully saturated rings. The summed E-state index contributed by atoms with van der Waals surface area (Å²) in [6.07, 6.45) is 3.66. The second-order valence-electron chi connectivity index (χ2n) is 5.55. The molecule has 1 atom stereocenters. The van der Waals surface area contributed by atoms with Crippen LogP contribution in [0, 0.1) is 0 Å². The largest absolute Gasteiger partial charge is 0.495 e. The Balaban J connectivity index is 1.89. The molecule has 0 saturated heterocycles. The first-order valence-corrected chi connectivity index (χ1v) is 9.08. The molecule has 116 valence electrons. The van der Waals surface area contributed by atoms with Crippen molar-refractivity contribution in [3.05, 3.63) is 53.6 Å². The zero-order valence-corrected chi connectivity index (χ0v) is 13.9. The zero-order chi connectivity index (χ0) is 15.5. The Hall–Kier alpha value is -1.81. The van der Waals surface area contributed by atoms with Crippen LogP contribution in [-0.4, -0.2) is 30.7 Å². The summed E-state index contributed by atoms with van der Waals surface area (Å²) in [5, 5.41) is 0. The first kappa shape index (κ1) is 15.1. The van der Waals surface area contributed by atoms with Crippen LogP contribution in [0.3, 0.4) is 0 Å². The minimum atomic E-state index is -1.03. The van der Waals surface area contributed by atoms with Crippen molar-refractivity contribution in [1.29, 1.82) is 0 Å². The van der Waals surface area contributed by atoms with Gasteiger partial charge in [-0.25, -0.2) is 0 Å². The minimum Gasteiger partial charge on any atom is -0.495 e. The number of anilines is 1. The summed E-state index contributed by atoms with van der Waals surface area (Å²) in [6.45, 7) is 1.98. The fourth-order valence-corrected chi connectivity index (χ4v) is 3.75. The van der Waals surface area contributed by atoms with Crippen LogP contribution in [0.2, 0.25) is 0 Å². The van der Waals surface area contributed by atoms with Gasteiger partial charge >= 0.3 is 0 Å². The summed E-state index contributed by atoms with van der Waals surface area (Å²) in [6, 6.07) is 14.7. The number of nitrogens with zero attached hydrogens (tertiary/aromatic N) is 1. The minimum absolute atomic E-state index is 0.743. The summed E-state index contributed by atoms with van der Waals surface area (Å²) < 4.78 is 17.3. The van der Waals surface area contributed by atoms with E-state index in [1.807, 2.05) is 6.07 Å². The van der Waals surface area contributed by atoms with Crippen LogP contribution in [0.4, 0.5) is 5.69 Å². The molecule has 1 aliphatic heterocycles. The first-order chi connectivity index (χ1) is 10.7. The molecule has 0 N–H and O–H groups in total. The molecule has 0 saturated carbocycles.